The van der Waals surface area contributed by atoms with Gasteiger partial charge in [0.2, 0.25) is 5.91 Å². The molecule has 2 N–H and O–H groups in total. The molecule has 0 aliphatic carbocycles. The Morgan fingerprint density at radius 2 is 2.07 bits per heavy atom. The molecule has 0 aromatic rings. The van der Waals surface area contributed by atoms with E-state index in [0.717, 1.165) is 13.0 Å². The van der Waals surface area contributed by atoms with E-state index in [0.29, 0.717) is 18.4 Å². The number of likely N-dealkylation sites (tertiary alicyclic amines) is 1. The second-order valence-corrected chi connectivity index (χ2v) is 5.61. The largest absolute Gasteiger partial charge is 0.340 e. The van der Waals surface area contributed by atoms with Crippen LogP contribution in [0.1, 0.15) is 47.0 Å². The molecule has 1 rings (SSSR count). The first-order valence-electron chi connectivity index (χ1n) is 5.89. The Hall–Kier alpha value is -0.570. The second kappa shape index (κ2) is 4.52. The molecule has 15 heavy (non-hydrogen) atoms. The highest BCUT2D eigenvalue weighted by atomic mass is 16.2. The summed E-state index contributed by atoms with van der Waals surface area (Å²) in [7, 11) is 0. The summed E-state index contributed by atoms with van der Waals surface area (Å²) in [6.45, 7) is 9.08. The van der Waals surface area contributed by atoms with Crippen LogP contribution in [0.25, 0.3) is 0 Å². The van der Waals surface area contributed by atoms with Gasteiger partial charge < -0.3 is 10.6 Å². The number of rotatable bonds is 2. The maximum atomic E-state index is 12.0. The number of hydrogen-bond acceptors (Lipinski definition) is 2. The predicted octanol–water partition coefficient (Wildman–Crippen LogP) is 1.76. The van der Waals surface area contributed by atoms with E-state index in [1.54, 1.807) is 0 Å². The third-order valence-electron chi connectivity index (χ3n) is 3.30. The molecule has 0 saturated carbocycles. The van der Waals surface area contributed by atoms with Crippen LogP contribution >= 0.6 is 0 Å². The van der Waals surface area contributed by atoms with Gasteiger partial charge in [0.25, 0.3) is 0 Å². The van der Waals surface area contributed by atoms with E-state index in [1.807, 2.05) is 18.7 Å². The maximum Gasteiger partial charge on any atom is 0.224 e. The van der Waals surface area contributed by atoms with Gasteiger partial charge in [0, 0.05) is 24.5 Å². The molecule has 1 saturated heterocycles. The molecule has 2 unspecified atom stereocenters. The molecule has 0 spiro atoms. The van der Waals surface area contributed by atoms with E-state index in [4.69, 9.17) is 5.73 Å². The average molecular weight is 212 g/mol. The van der Waals surface area contributed by atoms with Crippen LogP contribution in [0.3, 0.4) is 0 Å². The summed E-state index contributed by atoms with van der Waals surface area (Å²) in [6, 6.07) is 0.369. The van der Waals surface area contributed by atoms with E-state index in [-0.39, 0.29) is 5.91 Å². The monoisotopic (exact) mass is 212 g/mol. The molecule has 0 aromatic heterocycles. The Kier molecular flexibility index (Phi) is 3.77. The van der Waals surface area contributed by atoms with Gasteiger partial charge >= 0.3 is 0 Å². The maximum absolute atomic E-state index is 12.0. The smallest absolute Gasteiger partial charge is 0.224 e. The number of nitrogens with zero attached hydrogens (tertiary/aromatic N) is 1. The first-order valence-corrected chi connectivity index (χ1v) is 5.89. The summed E-state index contributed by atoms with van der Waals surface area (Å²) in [6.07, 6.45) is 2.81. The zero-order chi connectivity index (χ0) is 11.6. The molecular weight excluding hydrogens is 188 g/mol. The zero-order valence-electron chi connectivity index (χ0n) is 10.4. The van der Waals surface area contributed by atoms with Crippen molar-refractivity contribution in [3.8, 4) is 0 Å². The molecule has 1 aliphatic heterocycles. The molecule has 88 valence electrons. The first-order chi connectivity index (χ1) is 6.81. The van der Waals surface area contributed by atoms with E-state index in [9.17, 15) is 4.79 Å². The number of amides is 1. The second-order valence-electron chi connectivity index (χ2n) is 5.61. The normalized spacial score (nSPS) is 27.9. The summed E-state index contributed by atoms with van der Waals surface area (Å²) in [5, 5.41) is 0. The summed E-state index contributed by atoms with van der Waals surface area (Å²) in [5.74, 6) is 0.824. The van der Waals surface area contributed by atoms with Crippen LogP contribution in [-0.2, 0) is 4.79 Å². The van der Waals surface area contributed by atoms with Crippen molar-refractivity contribution in [1.82, 2.24) is 4.90 Å². The minimum Gasteiger partial charge on any atom is -0.340 e. The van der Waals surface area contributed by atoms with Gasteiger partial charge in [0.15, 0.2) is 0 Å². The fraction of sp³-hybridized carbons (Fsp3) is 0.917. The lowest BCUT2D eigenvalue weighted by Gasteiger charge is -2.39. The van der Waals surface area contributed by atoms with E-state index >= 15 is 0 Å². The number of hydrogen-bond donors (Lipinski definition) is 1. The fourth-order valence-corrected chi connectivity index (χ4v) is 2.18. The van der Waals surface area contributed by atoms with E-state index in [2.05, 4.69) is 13.8 Å². The third-order valence-corrected chi connectivity index (χ3v) is 3.30. The Morgan fingerprint density at radius 3 is 2.60 bits per heavy atom. The number of nitrogens with two attached hydrogens (primary N) is 1. The highest BCUT2D eigenvalue weighted by molar-refractivity contribution is 5.77. The van der Waals surface area contributed by atoms with Gasteiger partial charge in [-0.2, -0.15) is 0 Å². The average Bonchev–Trinajstić information content (AvgIpc) is 2.06. The molecule has 0 radical (unpaired) electrons. The molecule has 1 aliphatic rings. The standard InChI is InChI=1S/C12H24N2O/c1-9-6-5-7-14(10(9)2)11(15)8-12(3,4)13/h9-10H,5-8,13H2,1-4H3. The Labute approximate surface area is 93.0 Å². The summed E-state index contributed by atoms with van der Waals surface area (Å²) >= 11 is 0. The van der Waals surface area contributed by atoms with Crippen LogP contribution in [0.5, 0.6) is 0 Å². The molecule has 1 heterocycles. The van der Waals surface area contributed by atoms with Gasteiger partial charge in [-0.3, -0.25) is 4.79 Å². The van der Waals surface area contributed by atoms with E-state index in [1.165, 1.54) is 6.42 Å². The summed E-state index contributed by atoms with van der Waals surface area (Å²) < 4.78 is 0. The Balaban J connectivity index is 2.59. The minimum atomic E-state index is -0.391. The molecule has 3 nitrogen and oxygen atoms in total. The van der Waals surface area contributed by atoms with Crippen LogP contribution in [0, 0.1) is 5.92 Å². The highest BCUT2D eigenvalue weighted by Gasteiger charge is 2.30. The van der Waals surface area contributed by atoms with Crippen molar-refractivity contribution in [3.63, 3.8) is 0 Å². The summed E-state index contributed by atoms with van der Waals surface area (Å²) in [5.41, 5.74) is 5.48. The van der Waals surface area contributed by atoms with Crippen LogP contribution < -0.4 is 5.73 Å². The van der Waals surface area contributed by atoms with Crippen molar-refractivity contribution in [2.75, 3.05) is 6.54 Å². The van der Waals surface area contributed by atoms with Gasteiger partial charge in [0.1, 0.15) is 0 Å². The van der Waals surface area contributed by atoms with Crippen molar-refractivity contribution < 1.29 is 4.79 Å². The lowest BCUT2D eigenvalue weighted by molar-refractivity contribution is -0.136. The number of piperidine rings is 1. The van der Waals surface area contributed by atoms with Crippen molar-refractivity contribution in [1.29, 1.82) is 0 Å². The Bertz CT molecular complexity index is 232. The SMILES string of the molecule is CC1CCCN(C(=O)CC(C)(C)N)C1C. The number of carbonyl (C=O) groups is 1. The van der Waals surface area contributed by atoms with Gasteiger partial charge in [-0.1, -0.05) is 6.92 Å². The third kappa shape index (κ3) is 3.49. The highest BCUT2D eigenvalue weighted by Crippen LogP contribution is 2.24. The van der Waals surface area contributed by atoms with Gasteiger partial charge in [-0.05, 0) is 39.5 Å². The van der Waals surface area contributed by atoms with Gasteiger partial charge in [-0.15, -0.1) is 0 Å². The number of carbonyl (C=O) groups excluding carboxylic acids is 1. The fourth-order valence-electron chi connectivity index (χ4n) is 2.18. The molecule has 2 atom stereocenters. The quantitative estimate of drug-likeness (QED) is 0.758. The lowest BCUT2D eigenvalue weighted by atomic mass is 9.91. The molecule has 0 aromatic carbocycles. The topological polar surface area (TPSA) is 46.3 Å². The van der Waals surface area contributed by atoms with Crippen LogP contribution in [0.2, 0.25) is 0 Å². The molecule has 0 bridgehead atoms. The van der Waals surface area contributed by atoms with Crippen molar-refractivity contribution in [2.24, 2.45) is 11.7 Å². The van der Waals surface area contributed by atoms with E-state index < -0.39 is 5.54 Å². The Morgan fingerprint density at radius 1 is 1.47 bits per heavy atom. The minimum absolute atomic E-state index is 0.210. The van der Waals surface area contributed by atoms with Crippen LogP contribution in [0.15, 0.2) is 0 Å². The summed E-state index contributed by atoms with van der Waals surface area (Å²) in [4.78, 5) is 14.0. The first kappa shape index (κ1) is 12.5. The molecule has 3 heteroatoms. The van der Waals surface area contributed by atoms with Crippen molar-refractivity contribution >= 4 is 5.91 Å². The zero-order valence-corrected chi connectivity index (χ0v) is 10.4. The predicted molar refractivity (Wildman–Crippen MR) is 62.5 cm³/mol. The van der Waals surface area contributed by atoms with Crippen molar-refractivity contribution in [2.45, 2.75) is 58.5 Å². The van der Waals surface area contributed by atoms with Gasteiger partial charge in [0.05, 0.1) is 0 Å². The molecule has 1 amide bonds. The molecule has 1 fully saturated rings. The molecular formula is C12H24N2O. The van der Waals surface area contributed by atoms with Gasteiger partial charge in [-0.25, -0.2) is 0 Å². The van der Waals surface area contributed by atoms with Crippen LogP contribution in [-0.4, -0.2) is 28.9 Å². The lowest BCUT2D eigenvalue weighted by Crippen LogP contribution is -2.49. The van der Waals surface area contributed by atoms with Crippen molar-refractivity contribution in [3.05, 3.63) is 0 Å². The van der Waals surface area contributed by atoms with Crippen LogP contribution in [0.4, 0.5) is 0 Å².